The second-order valence-corrected chi connectivity index (χ2v) is 9.46. The SMILES string of the molecule is COc1cc(C(=O)N[C@@H](C)c2cc(C)c(C)cc2C)c(N(C)S(C)(=O)=O)cc1OC. The standard InChI is InChI=1S/C22H30N2O5S/c1-13-9-15(3)17(10-14(13)2)16(4)23-22(25)18-11-20(28-6)21(29-7)12-19(18)24(5)30(8,26)27/h9-12,16H,1-8H3,(H,23,25)/t16-/m0/s1. The van der Waals surface area contributed by atoms with Crippen LogP contribution in [-0.4, -0.2) is 41.8 Å². The smallest absolute Gasteiger partial charge is 0.254 e. The van der Waals surface area contributed by atoms with E-state index in [1.807, 2.05) is 27.7 Å². The van der Waals surface area contributed by atoms with Crippen LogP contribution in [0.25, 0.3) is 0 Å². The van der Waals surface area contributed by atoms with E-state index in [1.165, 1.54) is 39.0 Å². The number of hydrogen-bond acceptors (Lipinski definition) is 5. The number of nitrogens with one attached hydrogen (secondary N) is 1. The Morgan fingerprint density at radius 3 is 2.03 bits per heavy atom. The first-order valence-electron chi connectivity index (χ1n) is 9.49. The van der Waals surface area contributed by atoms with Crippen LogP contribution in [0.15, 0.2) is 24.3 Å². The summed E-state index contributed by atoms with van der Waals surface area (Å²) in [6.45, 7) is 7.98. The predicted molar refractivity (Wildman–Crippen MR) is 119 cm³/mol. The van der Waals surface area contributed by atoms with Gasteiger partial charge in [-0.05, 0) is 56.0 Å². The van der Waals surface area contributed by atoms with Crippen LogP contribution < -0.4 is 19.1 Å². The van der Waals surface area contributed by atoms with E-state index in [2.05, 4.69) is 17.4 Å². The molecule has 1 N–H and O–H groups in total. The van der Waals surface area contributed by atoms with Gasteiger partial charge in [0.2, 0.25) is 10.0 Å². The molecule has 0 bridgehead atoms. The second kappa shape index (κ2) is 8.95. The maximum Gasteiger partial charge on any atom is 0.254 e. The van der Waals surface area contributed by atoms with Crippen LogP contribution in [0, 0.1) is 20.8 Å². The zero-order valence-electron chi connectivity index (χ0n) is 18.8. The summed E-state index contributed by atoms with van der Waals surface area (Å²) in [7, 11) is 0.706. The van der Waals surface area contributed by atoms with Gasteiger partial charge in [0.05, 0.1) is 37.8 Å². The minimum absolute atomic E-state index is 0.175. The third-order valence-corrected chi connectivity index (χ3v) is 6.47. The van der Waals surface area contributed by atoms with Gasteiger partial charge in [-0.25, -0.2) is 8.42 Å². The van der Waals surface area contributed by atoms with Gasteiger partial charge in [-0.2, -0.15) is 0 Å². The molecule has 2 rings (SSSR count). The summed E-state index contributed by atoms with van der Waals surface area (Å²) in [5.41, 5.74) is 4.79. The lowest BCUT2D eigenvalue weighted by molar-refractivity contribution is 0.0940. The first-order valence-corrected chi connectivity index (χ1v) is 11.3. The zero-order chi connectivity index (χ0) is 22.8. The number of ether oxygens (including phenoxy) is 2. The molecule has 0 saturated carbocycles. The molecule has 0 spiro atoms. The molecular weight excluding hydrogens is 404 g/mol. The monoisotopic (exact) mass is 434 g/mol. The van der Waals surface area contributed by atoms with E-state index in [9.17, 15) is 13.2 Å². The number of aryl methyl sites for hydroxylation is 3. The number of sulfonamides is 1. The fourth-order valence-electron chi connectivity index (χ4n) is 3.29. The Bertz CT molecular complexity index is 1060. The van der Waals surface area contributed by atoms with Crippen molar-refractivity contribution in [3.63, 3.8) is 0 Å². The number of rotatable bonds is 7. The predicted octanol–water partition coefficient (Wildman–Crippen LogP) is 3.52. The van der Waals surface area contributed by atoms with Crippen molar-refractivity contribution in [1.29, 1.82) is 0 Å². The number of methoxy groups -OCH3 is 2. The number of carbonyl (C=O) groups excluding carboxylic acids is 1. The molecule has 0 aromatic heterocycles. The van der Waals surface area contributed by atoms with Crippen molar-refractivity contribution >= 4 is 21.6 Å². The molecule has 7 nitrogen and oxygen atoms in total. The highest BCUT2D eigenvalue weighted by Gasteiger charge is 2.25. The van der Waals surface area contributed by atoms with E-state index in [0.29, 0.717) is 11.5 Å². The molecule has 0 aliphatic rings. The van der Waals surface area contributed by atoms with Crippen LogP contribution >= 0.6 is 0 Å². The maximum atomic E-state index is 13.2. The molecule has 8 heteroatoms. The van der Waals surface area contributed by atoms with Gasteiger partial charge in [-0.3, -0.25) is 9.10 Å². The van der Waals surface area contributed by atoms with Crippen LogP contribution in [-0.2, 0) is 10.0 Å². The topological polar surface area (TPSA) is 84.9 Å². The van der Waals surface area contributed by atoms with E-state index in [0.717, 1.165) is 27.3 Å². The summed E-state index contributed by atoms with van der Waals surface area (Å²) in [6, 6.07) is 6.85. The van der Waals surface area contributed by atoms with Gasteiger partial charge in [-0.15, -0.1) is 0 Å². The first kappa shape index (κ1) is 23.5. The highest BCUT2D eigenvalue weighted by Crippen LogP contribution is 2.36. The van der Waals surface area contributed by atoms with Crippen molar-refractivity contribution < 1.29 is 22.7 Å². The molecule has 0 saturated heterocycles. The Kier molecular flexibility index (Phi) is 7.02. The fourth-order valence-corrected chi connectivity index (χ4v) is 3.80. The highest BCUT2D eigenvalue weighted by atomic mass is 32.2. The number of benzene rings is 2. The summed E-state index contributed by atoms with van der Waals surface area (Å²) in [4.78, 5) is 13.2. The lowest BCUT2D eigenvalue weighted by Gasteiger charge is -2.23. The molecule has 2 aromatic rings. The summed E-state index contributed by atoms with van der Waals surface area (Å²) in [5, 5.41) is 2.98. The number of anilines is 1. The summed E-state index contributed by atoms with van der Waals surface area (Å²) >= 11 is 0. The molecule has 0 fully saturated rings. The van der Waals surface area contributed by atoms with Crippen molar-refractivity contribution in [2.75, 3.05) is 31.8 Å². The first-order chi connectivity index (χ1) is 13.9. The van der Waals surface area contributed by atoms with Crippen LogP contribution in [0.1, 0.15) is 45.6 Å². The van der Waals surface area contributed by atoms with E-state index in [4.69, 9.17) is 9.47 Å². The van der Waals surface area contributed by atoms with Gasteiger partial charge < -0.3 is 14.8 Å². The summed E-state index contributed by atoms with van der Waals surface area (Å²) in [5.74, 6) is 0.257. The van der Waals surface area contributed by atoms with Crippen molar-refractivity contribution in [2.45, 2.75) is 33.7 Å². The van der Waals surface area contributed by atoms with Gasteiger partial charge in [0, 0.05) is 13.1 Å². The normalized spacial score (nSPS) is 12.3. The summed E-state index contributed by atoms with van der Waals surface area (Å²) in [6.07, 6.45) is 1.08. The number of carbonyl (C=O) groups is 1. The third-order valence-electron chi connectivity index (χ3n) is 5.28. The van der Waals surface area contributed by atoms with Gasteiger partial charge in [0.25, 0.3) is 5.91 Å². The Hall–Kier alpha value is -2.74. The van der Waals surface area contributed by atoms with Gasteiger partial charge in [0.1, 0.15) is 0 Å². The average molecular weight is 435 g/mol. The van der Waals surface area contributed by atoms with E-state index < -0.39 is 15.9 Å². The maximum absolute atomic E-state index is 13.2. The van der Waals surface area contributed by atoms with Crippen LogP contribution in [0.4, 0.5) is 5.69 Å². The average Bonchev–Trinajstić information content (AvgIpc) is 2.68. The zero-order valence-corrected chi connectivity index (χ0v) is 19.6. The molecule has 164 valence electrons. The fraction of sp³-hybridized carbons (Fsp3) is 0.409. The Morgan fingerprint density at radius 2 is 1.50 bits per heavy atom. The number of nitrogens with zero attached hydrogens (tertiary/aromatic N) is 1. The molecule has 0 heterocycles. The number of hydrogen-bond donors (Lipinski definition) is 1. The third kappa shape index (κ3) is 4.87. The van der Waals surface area contributed by atoms with E-state index in [-0.39, 0.29) is 17.3 Å². The molecule has 1 amide bonds. The second-order valence-electron chi connectivity index (χ2n) is 7.44. The molecule has 0 radical (unpaired) electrons. The highest BCUT2D eigenvalue weighted by molar-refractivity contribution is 7.92. The van der Waals surface area contributed by atoms with Crippen molar-refractivity contribution in [1.82, 2.24) is 5.32 Å². The summed E-state index contributed by atoms with van der Waals surface area (Å²) < 4.78 is 35.9. The molecule has 0 aliphatic carbocycles. The van der Waals surface area contributed by atoms with Gasteiger partial charge in [-0.1, -0.05) is 12.1 Å². The van der Waals surface area contributed by atoms with Crippen LogP contribution in [0.3, 0.4) is 0 Å². The van der Waals surface area contributed by atoms with Crippen molar-refractivity contribution in [3.8, 4) is 11.5 Å². The quantitative estimate of drug-likeness (QED) is 0.721. The minimum atomic E-state index is -3.60. The molecule has 0 aliphatic heterocycles. The van der Waals surface area contributed by atoms with E-state index in [1.54, 1.807) is 0 Å². The molecular formula is C22H30N2O5S. The van der Waals surface area contributed by atoms with Gasteiger partial charge in [0.15, 0.2) is 11.5 Å². The van der Waals surface area contributed by atoms with Gasteiger partial charge >= 0.3 is 0 Å². The van der Waals surface area contributed by atoms with E-state index >= 15 is 0 Å². The molecule has 30 heavy (non-hydrogen) atoms. The lowest BCUT2D eigenvalue weighted by Crippen LogP contribution is -2.31. The number of amides is 1. The van der Waals surface area contributed by atoms with Crippen molar-refractivity contribution in [3.05, 3.63) is 52.1 Å². The lowest BCUT2D eigenvalue weighted by atomic mass is 9.96. The Labute approximate surface area is 179 Å². The largest absolute Gasteiger partial charge is 0.493 e. The molecule has 0 unspecified atom stereocenters. The van der Waals surface area contributed by atoms with Crippen LogP contribution in [0.5, 0.6) is 11.5 Å². The minimum Gasteiger partial charge on any atom is -0.493 e. The van der Waals surface area contributed by atoms with Crippen molar-refractivity contribution in [2.24, 2.45) is 0 Å². The molecule has 2 aromatic carbocycles. The molecule has 1 atom stereocenters. The Balaban J connectivity index is 2.51. The van der Waals surface area contributed by atoms with Crippen LogP contribution in [0.2, 0.25) is 0 Å². The Morgan fingerprint density at radius 1 is 0.967 bits per heavy atom.